The average molecular weight is 196 g/mol. The normalized spacial score (nSPS) is 13.7. The third kappa shape index (κ3) is 4.55. The van der Waals surface area contributed by atoms with Gasteiger partial charge in [-0.15, -0.1) is 0 Å². The summed E-state index contributed by atoms with van der Waals surface area (Å²) in [5, 5.41) is 0. The molecule has 2 nitrogen and oxygen atoms in total. The number of hydrogen-bond acceptors (Lipinski definition) is 2. The molecule has 76 valence electrons. The lowest BCUT2D eigenvalue weighted by Crippen LogP contribution is -2.24. The Morgan fingerprint density at radius 2 is 1.77 bits per heavy atom. The number of carbonyl (C=O) groups is 1. The molecule has 0 bridgehead atoms. The Hall–Kier alpha value is -1.00. The highest BCUT2D eigenvalue weighted by Gasteiger charge is 2.23. The molecular formula is C8H11F3O2. The number of alkyl halides is 1. The number of ether oxygens (including phenoxy) is 1. The first-order valence-corrected chi connectivity index (χ1v) is 3.61. The van der Waals surface area contributed by atoms with E-state index in [4.69, 9.17) is 0 Å². The molecule has 0 aromatic rings. The lowest BCUT2D eigenvalue weighted by atomic mass is 10.2. The molecule has 0 spiro atoms. The van der Waals surface area contributed by atoms with Crippen LogP contribution < -0.4 is 0 Å². The zero-order chi connectivity index (χ0) is 10.6. The molecule has 0 heterocycles. The lowest BCUT2D eigenvalue weighted by molar-refractivity contribution is -0.151. The fourth-order valence-electron chi connectivity index (χ4n) is 0.492. The van der Waals surface area contributed by atoms with Crippen LogP contribution in [-0.4, -0.2) is 18.2 Å². The summed E-state index contributed by atoms with van der Waals surface area (Å²) >= 11 is 0. The first-order chi connectivity index (χ1) is 5.78. The van der Waals surface area contributed by atoms with Crippen LogP contribution in [0.2, 0.25) is 0 Å². The molecule has 0 fully saturated rings. The minimum Gasteiger partial charge on any atom is -0.455 e. The van der Waals surface area contributed by atoms with Crippen LogP contribution in [0.5, 0.6) is 0 Å². The highest BCUT2D eigenvalue weighted by atomic mass is 19.2. The average Bonchev–Trinajstić information content (AvgIpc) is 1.98. The third-order valence-corrected chi connectivity index (χ3v) is 0.934. The summed E-state index contributed by atoms with van der Waals surface area (Å²) in [5.74, 6) is -5.03. The molecule has 0 aromatic heterocycles. The predicted octanol–water partition coefficient (Wildman–Crippen LogP) is 2.45. The summed E-state index contributed by atoms with van der Waals surface area (Å²) in [6.07, 6.45) is 0. The van der Waals surface area contributed by atoms with Crippen molar-refractivity contribution in [1.29, 1.82) is 0 Å². The molecule has 5 heteroatoms. The Kier molecular flexibility index (Phi) is 3.97. The fraction of sp³-hybridized carbons (Fsp3) is 0.625. The van der Waals surface area contributed by atoms with Crippen LogP contribution in [-0.2, 0) is 9.53 Å². The van der Waals surface area contributed by atoms with E-state index in [2.05, 4.69) is 4.74 Å². The van der Waals surface area contributed by atoms with Crippen molar-refractivity contribution in [1.82, 2.24) is 0 Å². The lowest BCUT2D eigenvalue weighted by Gasteiger charge is -2.18. The molecule has 0 aromatic carbocycles. The minimum atomic E-state index is -1.81. The molecule has 0 saturated heterocycles. The second-order valence-electron chi connectivity index (χ2n) is 3.35. The van der Waals surface area contributed by atoms with Crippen LogP contribution >= 0.6 is 0 Å². The Labute approximate surface area is 74.4 Å². The zero-order valence-corrected chi connectivity index (χ0v) is 7.66. The highest BCUT2D eigenvalue weighted by molar-refractivity contribution is 5.86. The zero-order valence-electron chi connectivity index (χ0n) is 7.66. The molecule has 0 unspecified atom stereocenters. The molecule has 0 atom stereocenters. The summed E-state index contributed by atoms with van der Waals surface area (Å²) in [5.41, 5.74) is -0.926. The molecule has 0 rings (SSSR count). The second-order valence-corrected chi connectivity index (χ2v) is 3.35. The maximum absolute atomic E-state index is 12.5. The van der Waals surface area contributed by atoms with Gasteiger partial charge in [0.15, 0.2) is 5.83 Å². The molecule has 0 aliphatic rings. The molecule has 13 heavy (non-hydrogen) atoms. The first-order valence-electron chi connectivity index (χ1n) is 3.61. The maximum atomic E-state index is 12.5. The number of rotatable bonds is 2. The summed E-state index contributed by atoms with van der Waals surface area (Å²) in [6.45, 7) is 2.83. The van der Waals surface area contributed by atoms with Crippen molar-refractivity contribution in [3.05, 3.63) is 11.7 Å². The molecule has 0 N–H and O–H groups in total. The van der Waals surface area contributed by atoms with Gasteiger partial charge in [0.2, 0.25) is 5.83 Å². The molecular weight excluding hydrogens is 185 g/mol. The smallest absolute Gasteiger partial charge is 0.370 e. The van der Waals surface area contributed by atoms with Crippen molar-refractivity contribution >= 4 is 5.97 Å². The molecule has 0 saturated carbocycles. The third-order valence-electron chi connectivity index (χ3n) is 0.934. The summed E-state index contributed by atoms with van der Waals surface area (Å²) < 4.78 is 40.7. The number of hydrogen-bond donors (Lipinski definition) is 0. The number of carbonyl (C=O) groups excluding carboxylic acids is 1. The van der Waals surface area contributed by atoms with E-state index < -0.39 is 29.9 Å². The van der Waals surface area contributed by atoms with Crippen molar-refractivity contribution in [3.63, 3.8) is 0 Å². The summed E-state index contributed by atoms with van der Waals surface area (Å²) in [7, 11) is 0. The van der Waals surface area contributed by atoms with Gasteiger partial charge >= 0.3 is 5.97 Å². The molecule has 0 aliphatic heterocycles. The van der Waals surface area contributed by atoms with Crippen LogP contribution in [0.25, 0.3) is 0 Å². The Balaban J connectivity index is 4.46. The second kappa shape index (κ2) is 4.30. The van der Waals surface area contributed by atoms with E-state index in [0.717, 1.165) is 0 Å². The van der Waals surface area contributed by atoms with Gasteiger partial charge in [0.05, 0.1) is 0 Å². The van der Waals surface area contributed by atoms with Crippen LogP contribution in [0.1, 0.15) is 20.8 Å². The first kappa shape index (κ1) is 12.0. The minimum absolute atomic E-state index is 0.926. The highest BCUT2D eigenvalue weighted by Crippen LogP contribution is 2.15. The fourth-order valence-corrected chi connectivity index (χ4v) is 0.492. The van der Waals surface area contributed by atoms with E-state index in [1.54, 1.807) is 0 Å². The van der Waals surface area contributed by atoms with Crippen LogP contribution in [0.3, 0.4) is 0 Å². The topological polar surface area (TPSA) is 26.3 Å². The molecule has 0 radical (unpaired) electrons. The van der Waals surface area contributed by atoms with Crippen LogP contribution in [0.4, 0.5) is 13.2 Å². The van der Waals surface area contributed by atoms with Gasteiger partial charge in [-0.05, 0) is 20.8 Å². The number of allylic oxidation sites excluding steroid dienone is 1. The standard InChI is InChI=1S/C8H11F3O2/c1-8(2,3)13-7(12)6(11)5(10)4-9/h4H2,1-3H3. The van der Waals surface area contributed by atoms with E-state index in [-0.39, 0.29) is 0 Å². The number of halogens is 3. The van der Waals surface area contributed by atoms with Gasteiger partial charge in [-0.3, -0.25) is 0 Å². The van der Waals surface area contributed by atoms with Crippen LogP contribution in [0.15, 0.2) is 11.7 Å². The van der Waals surface area contributed by atoms with Crippen molar-refractivity contribution in [3.8, 4) is 0 Å². The van der Waals surface area contributed by atoms with Gasteiger partial charge < -0.3 is 4.74 Å². The van der Waals surface area contributed by atoms with Crippen molar-refractivity contribution in [2.45, 2.75) is 26.4 Å². The summed E-state index contributed by atoms with van der Waals surface area (Å²) in [6, 6.07) is 0. The molecule has 0 amide bonds. The van der Waals surface area contributed by atoms with Gasteiger partial charge in [-0.25, -0.2) is 13.6 Å². The Morgan fingerprint density at radius 1 is 1.31 bits per heavy atom. The van der Waals surface area contributed by atoms with Gasteiger partial charge in [0.1, 0.15) is 12.3 Å². The van der Waals surface area contributed by atoms with E-state index in [1.807, 2.05) is 0 Å². The van der Waals surface area contributed by atoms with Gasteiger partial charge in [0.25, 0.3) is 0 Å². The van der Waals surface area contributed by atoms with Crippen LogP contribution in [0, 0.1) is 0 Å². The quantitative estimate of drug-likeness (QED) is 0.501. The summed E-state index contributed by atoms with van der Waals surface area (Å²) in [4.78, 5) is 10.7. The van der Waals surface area contributed by atoms with E-state index >= 15 is 0 Å². The van der Waals surface area contributed by atoms with Gasteiger partial charge in [-0.2, -0.15) is 4.39 Å². The maximum Gasteiger partial charge on any atom is 0.370 e. The Bertz CT molecular complexity index is 228. The van der Waals surface area contributed by atoms with Crippen molar-refractivity contribution in [2.75, 3.05) is 6.67 Å². The van der Waals surface area contributed by atoms with E-state index in [9.17, 15) is 18.0 Å². The number of esters is 1. The van der Waals surface area contributed by atoms with Crippen molar-refractivity contribution < 1.29 is 22.7 Å². The van der Waals surface area contributed by atoms with E-state index in [0.29, 0.717) is 0 Å². The largest absolute Gasteiger partial charge is 0.455 e. The predicted molar refractivity (Wildman–Crippen MR) is 41.1 cm³/mol. The monoisotopic (exact) mass is 196 g/mol. The molecule has 0 aliphatic carbocycles. The van der Waals surface area contributed by atoms with Crippen molar-refractivity contribution in [2.24, 2.45) is 0 Å². The van der Waals surface area contributed by atoms with Gasteiger partial charge in [-0.1, -0.05) is 0 Å². The SMILES string of the molecule is CC(C)(C)OC(=O)C(F)=C(F)CF. The Morgan fingerprint density at radius 3 is 2.08 bits per heavy atom. The van der Waals surface area contributed by atoms with E-state index in [1.165, 1.54) is 20.8 Å². The van der Waals surface area contributed by atoms with Gasteiger partial charge in [0, 0.05) is 0 Å².